The molecule has 0 spiro atoms. The molecule has 0 fully saturated rings. The maximum absolute atomic E-state index is 5.36. The van der Waals surface area contributed by atoms with Gasteiger partial charge in [-0.1, -0.05) is 164 Å². The molecule has 1 aromatic heterocycles. The minimum Gasteiger partial charge on any atom is -0.309 e. The van der Waals surface area contributed by atoms with Gasteiger partial charge in [0.05, 0.1) is 17.1 Å². The van der Waals surface area contributed by atoms with Gasteiger partial charge >= 0.3 is 0 Å². The van der Waals surface area contributed by atoms with E-state index in [1.165, 1.54) is 48.9 Å². The van der Waals surface area contributed by atoms with Gasteiger partial charge in [-0.15, -0.1) is 0 Å². The number of aromatic nitrogens is 1. The number of hydrogen-bond donors (Lipinski definition) is 0. The van der Waals surface area contributed by atoms with E-state index in [0.29, 0.717) is 0 Å². The van der Waals surface area contributed by atoms with Crippen LogP contribution in [0.3, 0.4) is 0 Å². The lowest BCUT2D eigenvalue weighted by molar-refractivity contribution is 0.822. The van der Waals surface area contributed by atoms with Crippen LogP contribution in [0.15, 0.2) is 192 Å². The van der Waals surface area contributed by atoms with Crippen molar-refractivity contribution in [1.82, 2.24) is 4.57 Å². The number of aliphatic imine (C=N–C) groups is 2. The van der Waals surface area contributed by atoms with Gasteiger partial charge in [0.15, 0.2) is 5.84 Å². The zero-order valence-electron chi connectivity index (χ0n) is 29.2. The molecule has 52 heavy (non-hydrogen) atoms. The van der Waals surface area contributed by atoms with Crippen molar-refractivity contribution in [2.45, 2.75) is 19.9 Å². The molecule has 0 saturated carbocycles. The fraction of sp³-hybridized carbons (Fsp3) is 0.0612. The van der Waals surface area contributed by atoms with Gasteiger partial charge < -0.3 is 4.57 Å². The molecule has 0 radical (unpaired) electrons. The van der Waals surface area contributed by atoms with Gasteiger partial charge in [0.2, 0.25) is 0 Å². The van der Waals surface area contributed by atoms with Gasteiger partial charge in [-0.25, -0.2) is 4.99 Å². The van der Waals surface area contributed by atoms with Crippen LogP contribution in [-0.2, 0) is 0 Å². The van der Waals surface area contributed by atoms with E-state index in [9.17, 15) is 0 Å². The minimum absolute atomic E-state index is 0.162. The number of rotatable bonds is 6. The second kappa shape index (κ2) is 13.3. The number of amidine groups is 1. The van der Waals surface area contributed by atoms with Gasteiger partial charge in [-0.2, -0.15) is 0 Å². The third-order valence-electron chi connectivity index (χ3n) is 10.2. The van der Waals surface area contributed by atoms with Crippen molar-refractivity contribution < 1.29 is 0 Å². The van der Waals surface area contributed by atoms with Crippen molar-refractivity contribution in [1.29, 1.82) is 0 Å². The molecule has 1 heterocycles. The highest BCUT2D eigenvalue weighted by atomic mass is 15.0. The maximum Gasteiger partial charge on any atom is 0.155 e. The molecule has 0 N–H and O–H groups in total. The summed E-state index contributed by atoms with van der Waals surface area (Å²) in [6, 6.07) is 64.6. The van der Waals surface area contributed by atoms with Crippen LogP contribution >= 0.6 is 0 Å². The van der Waals surface area contributed by atoms with Crippen molar-refractivity contribution in [3.8, 4) is 16.8 Å². The first-order valence-electron chi connectivity index (χ1n) is 17.9. The highest BCUT2D eigenvalue weighted by molar-refractivity contribution is 6.18. The van der Waals surface area contributed by atoms with Gasteiger partial charge in [-0.05, 0) is 70.5 Å². The molecule has 1 atom stereocenters. The number of fused-ring (bicyclic) bond motifs is 6. The van der Waals surface area contributed by atoms with Crippen molar-refractivity contribution in [2.75, 3.05) is 0 Å². The van der Waals surface area contributed by atoms with Crippen LogP contribution < -0.4 is 0 Å². The van der Waals surface area contributed by atoms with Crippen LogP contribution in [0, 0.1) is 0 Å². The van der Waals surface area contributed by atoms with E-state index < -0.39 is 0 Å². The summed E-state index contributed by atoms with van der Waals surface area (Å²) >= 11 is 0. The van der Waals surface area contributed by atoms with E-state index in [4.69, 9.17) is 9.98 Å². The molecule has 3 heteroatoms. The van der Waals surface area contributed by atoms with E-state index >= 15 is 0 Å². The Kier molecular flexibility index (Phi) is 8.02. The molecule has 0 saturated heterocycles. The van der Waals surface area contributed by atoms with Crippen molar-refractivity contribution >= 4 is 54.9 Å². The maximum atomic E-state index is 5.36. The number of nitrogens with zero attached hydrogens (tertiary/aromatic N) is 3. The van der Waals surface area contributed by atoms with E-state index in [2.05, 4.69) is 164 Å². The third-order valence-corrected chi connectivity index (χ3v) is 10.2. The summed E-state index contributed by atoms with van der Waals surface area (Å²) in [5.41, 5.74) is 10.1. The highest BCUT2D eigenvalue weighted by Gasteiger charge is 2.18. The summed E-state index contributed by atoms with van der Waals surface area (Å²) in [5.74, 6) is 0.725. The van der Waals surface area contributed by atoms with Crippen LogP contribution in [0.2, 0.25) is 0 Å². The second-order valence-corrected chi connectivity index (χ2v) is 13.4. The Morgan fingerprint density at radius 2 is 1.08 bits per heavy atom. The fourth-order valence-electron chi connectivity index (χ4n) is 7.65. The van der Waals surface area contributed by atoms with E-state index in [1.807, 2.05) is 36.4 Å². The molecule has 9 aromatic rings. The summed E-state index contributed by atoms with van der Waals surface area (Å²) in [7, 11) is 0. The number of benzene rings is 8. The average molecular weight is 668 g/mol. The lowest BCUT2D eigenvalue weighted by atomic mass is 9.90. The van der Waals surface area contributed by atoms with Crippen LogP contribution in [0.4, 0.5) is 0 Å². The Morgan fingerprint density at radius 3 is 1.81 bits per heavy atom. The molecule has 1 unspecified atom stereocenters. The average Bonchev–Trinajstić information content (AvgIpc) is 3.56. The first-order valence-corrected chi connectivity index (χ1v) is 17.9. The second-order valence-electron chi connectivity index (χ2n) is 13.4. The third kappa shape index (κ3) is 5.57. The molecular formula is C49H37N3. The topological polar surface area (TPSA) is 29.6 Å². The highest BCUT2D eigenvalue weighted by Crippen LogP contribution is 2.40. The molecule has 0 amide bonds. The molecule has 0 aliphatic carbocycles. The van der Waals surface area contributed by atoms with Gasteiger partial charge in [-0.3, -0.25) is 4.99 Å². The molecule has 0 bridgehead atoms. The lowest BCUT2D eigenvalue weighted by Gasteiger charge is -2.18. The van der Waals surface area contributed by atoms with Crippen LogP contribution in [0.5, 0.6) is 0 Å². The standard InChI is InChI=1S/C49H37N3/c1-33(35-15-5-3-6-16-35)50-49(39-19-7-4-8-20-39)51-34(2)41-31-27-36-17-9-11-21-42(36)47(41)38-25-29-40(30-26-38)52-46-24-14-13-23-44(46)45-32-28-37-18-10-12-22-43(37)48(45)52/h3-32,34H,1-2H3/b50-33+,51-49-. The normalized spacial score (nSPS) is 13.0. The largest absolute Gasteiger partial charge is 0.309 e. The van der Waals surface area contributed by atoms with Crippen molar-refractivity contribution in [3.05, 3.63) is 199 Å². The minimum atomic E-state index is -0.162. The van der Waals surface area contributed by atoms with Crippen LogP contribution in [0.25, 0.3) is 60.2 Å². The predicted molar refractivity (Wildman–Crippen MR) is 221 cm³/mol. The lowest BCUT2D eigenvalue weighted by Crippen LogP contribution is -2.06. The molecule has 8 aromatic carbocycles. The van der Waals surface area contributed by atoms with Crippen molar-refractivity contribution in [3.63, 3.8) is 0 Å². The quantitative estimate of drug-likeness (QED) is 0.125. The predicted octanol–water partition coefficient (Wildman–Crippen LogP) is 12.8. The first-order chi connectivity index (χ1) is 25.6. The number of para-hydroxylation sites is 1. The molecule has 0 aliphatic heterocycles. The number of hydrogen-bond acceptors (Lipinski definition) is 1. The summed E-state index contributed by atoms with van der Waals surface area (Å²) in [6.07, 6.45) is 0. The van der Waals surface area contributed by atoms with Crippen molar-refractivity contribution in [2.24, 2.45) is 9.98 Å². The van der Waals surface area contributed by atoms with Crippen LogP contribution in [0.1, 0.15) is 36.6 Å². The van der Waals surface area contributed by atoms with E-state index in [0.717, 1.165) is 39.5 Å². The van der Waals surface area contributed by atoms with Crippen LogP contribution in [-0.4, -0.2) is 16.1 Å². The first kappa shape index (κ1) is 31.4. The molecule has 3 nitrogen and oxygen atoms in total. The van der Waals surface area contributed by atoms with E-state index in [1.54, 1.807) is 0 Å². The Hall–Kier alpha value is -6.58. The zero-order valence-corrected chi connectivity index (χ0v) is 29.2. The molecule has 0 aliphatic rings. The molecular weight excluding hydrogens is 631 g/mol. The Labute approximate surface area is 303 Å². The molecule has 9 rings (SSSR count). The Morgan fingerprint density at radius 1 is 0.500 bits per heavy atom. The van der Waals surface area contributed by atoms with E-state index in [-0.39, 0.29) is 6.04 Å². The van der Waals surface area contributed by atoms with Gasteiger partial charge in [0.25, 0.3) is 0 Å². The summed E-state index contributed by atoms with van der Waals surface area (Å²) < 4.78 is 2.42. The fourth-order valence-corrected chi connectivity index (χ4v) is 7.65. The SMILES string of the molecule is C/C(=N\C(=N/C(C)c1ccc2ccccc2c1-c1ccc(-n2c3ccccc3c3ccc4ccccc4c32)cc1)c1ccccc1)c1ccccc1. The monoisotopic (exact) mass is 667 g/mol. The van der Waals surface area contributed by atoms with Gasteiger partial charge in [0, 0.05) is 33.1 Å². The summed E-state index contributed by atoms with van der Waals surface area (Å²) in [6.45, 7) is 4.24. The summed E-state index contributed by atoms with van der Waals surface area (Å²) in [4.78, 5) is 10.5. The smallest absolute Gasteiger partial charge is 0.155 e. The Balaban J connectivity index is 1.20. The Bertz CT molecular complexity index is 2790. The summed E-state index contributed by atoms with van der Waals surface area (Å²) in [5, 5.41) is 7.43. The zero-order chi connectivity index (χ0) is 35.0. The van der Waals surface area contributed by atoms with Gasteiger partial charge in [0.1, 0.15) is 0 Å². The molecule has 248 valence electrons.